The zero-order valence-corrected chi connectivity index (χ0v) is 20.1. The van der Waals surface area contributed by atoms with Crippen molar-refractivity contribution in [1.82, 2.24) is 15.3 Å². The lowest BCUT2D eigenvalue weighted by atomic mass is 9.87. The Hall–Kier alpha value is -3.12. The van der Waals surface area contributed by atoms with E-state index >= 15 is 0 Å². The predicted molar refractivity (Wildman–Crippen MR) is 139 cm³/mol. The number of thiocarbonyl (C=S) groups is 1. The topological polar surface area (TPSA) is 50.6 Å². The van der Waals surface area contributed by atoms with Crippen molar-refractivity contribution in [2.45, 2.75) is 39.7 Å². The fraction of sp³-hybridized carbons (Fsp3) is 0.308. The summed E-state index contributed by atoms with van der Waals surface area (Å²) >= 11 is 5.20. The van der Waals surface area contributed by atoms with E-state index in [0.29, 0.717) is 18.3 Å². The van der Waals surface area contributed by atoms with Crippen molar-refractivity contribution < 1.29 is 4.74 Å². The number of hydrogen-bond donors (Lipinski definition) is 2. The van der Waals surface area contributed by atoms with Gasteiger partial charge in [-0.3, -0.25) is 5.43 Å². The van der Waals surface area contributed by atoms with Gasteiger partial charge in [0.2, 0.25) is 0 Å². The fourth-order valence-electron chi connectivity index (χ4n) is 3.57. The van der Waals surface area contributed by atoms with Gasteiger partial charge in [0.25, 0.3) is 0 Å². The summed E-state index contributed by atoms with van der Waals surface area (Å²) in [6.45, 7) is 14.3. The summed E-state index contributed by atoms with van der Waals surface area (Å²) < 4.78 is 8.31. The van der Waals surface area contributed by atoms with Crippen LogP contribution in [0.3, 0.4) is 0 Å². The number of para-hydroxylation sites is 1. The maximum Gasteiger partial charge on any atom is 0.187 e. The molecule has 1 heterocycles. The first kappa shape index (κ1) is 23.5. The van der Waals surface area contributed by atoms with Gasteiger partial charge >= 0.3 is 0 Å². The molecule has 0 bridgehead atoms. The fourth-order valence-corrected chi connectivity index (χ4v) is 3.71. The van der Waals surface area contributed by atoms with E-state index in [0.717, 1.165) is 34.5 Å². The lowest BCUT2D eigenvalue weighted by molar-refractivity contribution is 0.299. The Balaban J connectivity index is 1.71. The first-order valence-corrected chi connectivity index (χ1v) is 11.2. The summed E-state index contributed by atoms with van der Waals surface area (Å²) in [4.78, 5) is 0. The molecular formula is C26H32N4OS. The van der Waals surface area contributed by atoms with E-state index in [9.17, 15) is 0 Å². The van der Waals surface area contributed by atoms with Crippen LogP contribution in [-0.4, -0.2) is 29.0 Å². The van der Waals surface area contributed by atoms with Crippen molar-refractivity contribution >= 4 is 34.4 Å². The quantitative estimate of drug-likeness (QED) is 0.212. The third kappa shape index (κ3) is 5.77. The van der Waals surface area contributed by atoms with Crippen molar-refractivity contribution in [1.29, 1.82) is 0 Å². The lowest BCUT2D eigenvalue weighted by Crippen LogP contribution is -2.31. The molecule has 3 aromatic rings. The smallest absolute Gasteiger partial charge is 0.187 e. The Kier molecular flexibility index (Phi) is 7.70. The summed E-state index contributed by atoms with van der Waals surface area (Å²) in [5.41, 5.74) is 7.65. The number of nitrogens with one attached hydrogen (secondary N) is 2. The molecule has 0 saturated heterocycles. The van der Waals surface area contributed by atoms with Crippen molar-refractivity contribution in [3.8, 4) is 5.75 Å². The highest BCUT2D eigenvalue weighted by Crippen LogP contribution is 2.26. The lowest BCUT2D eigenvalue weighted by Gasteiger charge is -2.19. The number of hydrazone groups is 1. The second kappa shape index (κ2) is 10.5. The highest BCUT2D eigenvalue weighted by molar-refractivity contribution is 7.80. The van der Waals surface area contributed by atoms with Gasteiger partial charge in [0.1, 0.15) is 12.4 Å². The highest BCUT2D eigenvalue weighted by Gasteiger charge is 2.14. The van der Waals surface area contributed by atoms with Crippen LogP contribution in [0, 0.1) is 6.92 Å². The van der Waals surface area contributed by atoms with E-state index < -0.39 is 0 Å². The minimum absolute atomic E-state index is 0.137. The van der Waals surface area contributed by atoms with Gasteiger partial charge in [-0.25, -0.2) is 0 Å². The van der Waals surface area contributed by atoms with Gasteiger partial charge in [-0.2, -0.15) is 5.10 Å². The second-order valence-corrected chi connectivity index (χ2v) is 9.07. The first-order valence-electron chi connectivity index (χ1n) is 10.8. The molecule has 1 aromatic heterocycles. The van der Waals surface area contributed by atoms with Gasteiger partial charge in [-0.1, -0.05) is 57.2 Å². The van der Waals surface area contributed by atoms with Gasteiger partial charge in [0.15, 0.2) is 5.11 Å². The van der Waals surface area contributed by atoms with Crippen molar-refractivity contribution in [3.05, 3.63) is 78.0 Å². The molecule has 0 radical (unpaired) electrons. The minimum atomic E-state index is 0.137. The molecule has 0 atom stereocenters. The average molecular weight is 449 g/mol. The molecule has 0 aliphatic carbocycles. The minimum Gasteiger partial charge on any atom is -0.492 e. The molecule has 32 heavy (non-hydrogen) atoms. The Labute approximate surface area is 196 Å². The molecule has 168 valence electrons. The van der Waals surface area contributed by atoms with Crippen LogP contribution in [0.15, 0.2) is 66.3 Å². The summed E-state index contributed by atoms with van der Waals surface area (Å²) in [6, 6.07) is 16.7. The van der Waals surface area contributed by atoms with Gasteiger partial charge in [0.05, 0.1) is 12.8 Å². The molecule has 6 heteroatoms. The predicted octanol–water partition coefficient (Wildman–Crippen LogP) is 5.31. The third-order valence-corrected chi connectivity index (χ3v) is 5.59. The van der Waals surface area contributed by atoms with Crippen LogP contribution in [-0.2, 0) is 12.0 Å². The molecular weight excluding hydrogens is 416 g/mol. The number of ether oxygens (including phenoxy) is 1. The molecule has 0 unspecified atom stereocenters. The van der Waals surface area contributed by atoms with Crippen molar-refractivity contribution in [2.24, 2.45) is 5.10 Å². The van der Waals surface area contributed by atoms with Gasteiger partial charge in [-0.05, 0) is 48.3 Å². The van der Waals surface area contributed by atoms with Crippen LogP contribution >= 0.6 is 12.2 Å². The Morgan fingerprint density at radius 2 is 1.88 bits per heavy atom. The van der Waals surface area contributed by atoms with Crippen LogP contribution in [0.25, 0.3) is 10.9 Å². The van der Waals surface area contributed by atoms with Crippen LogP contribution in [0.5, 0.6) is 5.75 Å². The number of benzene rings is 2. The van der Waals surface area contributed by atoms with Gasteiger partial charge in [-0.15, -0.1) is 6.58 Å². The molecule has 2 N–H and O–H groups in total. The first-order chi connectivity index (χ1) is 15.3. The average Bonchev–Trinajstić information content (AvgIpc) is 3.03. The number of nitrogens with zero attached hydrogens (tertiary/aromatic N) is 2. The van der Waals surface area contributed by atoms with Crippen molar-refractivity contribution in [3.63, 3.8) is 0 Å². The molecule has 0 amide bonds. The summed E-state index contributed by atoms with van der Waals surface area (Å²) in [7, 11) is 0. The van der Waals surface area contributed by atoms with Gasteiger partial charge in [0, 0.05) is 28.7 Å². The van der Waals surface area contributed by atoms with E-state index in [2.05, 4.69) is 85.0 Å². The number of hydrogen-bond acceptors (Lipinski definition) is 3. The van der Waals surface area contributed by atoms with E-state index in [4.69, 9.17) is 17.0 Å². The van der Waals surface area contributed by atoms with E-state index in [1.54, 1.807) is 6.08 Å². The molecule has 0 aliphatic heterocycles. The number of rotatable bonds is 8. The molecule has 5 nitrogen and oxygen atoms in total. The maximum absolute atomic E-state index is 6.04. The maximum atomic E-state index is 6.04. The van der Waals surface area contributed by atoms with Crippen LogP contribution in [0.4, 0.5) is 0 Å². The molecule has 3 rings (SSSR count). The van der Waals surface area contributed by atoms with E-state index in [1.165, 1.54) is 5.56 Å². The van der Waals surface area contributed by atoms with Crippen molar-refractivity contribution in [2.75, 3.05) is 13.2 Å². The molecule has 2 aromatic carbocycles. The standard InChI is InChI=1S/C26H32N4OS/c1-6-15-27-25(32)29-28-18-23-19(2)30(24-10-8-7-9-22(23)24)16-17-31-21-13-11-20(12-14-21)26(3,4)5/h6-14,18H,1,15-17H2,2-5H3,(H2,27,29,32)/b28-18+. The molecule has 0 fully saturated rings. The molecule has 0 spiro atoms. The second-order valence-electron chi connectivity index (χ2n) is 8.66. The molecule has 0 saturated carbocycles. The molecule has 0 aliphatic rings. The van der Waals surface area contributed by atoms with Crippen LogP contribution < -0.4 is 15.5 Å². The zero-order chi connectivity index (χ0) is 23.1. The highest BCUT2D eigenvalue weighted by atomic mass is 32.1. The monoisotopic (exact) mass is 448 g/mol. The summed E-state index contributed by atoms with van der Waals surface area (Å²) in [5.74, 6) is 0.888. The van der Waals surface area contributed by atoms with E-state index in [-0.39, 0.29) is 5.41 Å². The Bertz CT molecular complexity index is 1110. The number of fused-ring (bicyclic) bond motifs is 1. The largest absolute Gasteiger partial charge is 0.492 e. The normalized spacial score (nSPS) is 11.6. The SMILES string of the molecule is C=CCNC(=S)N/N=C/c1c(C)n(CCOc2ccc(C(C)(C)C)cc2)c2ccccc12. The van der Waals surface area contributed by atoms with Crippen LogP contribution in [0.2, 0.25) is 0 Å². The van der Waals surface area contributed by atoms with Gasteiger partial charge < -0.3 is 14.6 Å². The summed E-state index contributed by atoms with van der Waals surface area (Å²) in [6.07, 6.45) is 3.57. The zero-order valence-electron chi connectivity index (χ0n) is 19.3. The number of aromatic nitrogens is 1. The Morgan fingerprint density at radius 1 is 1.16 bits per heavy atom. The van der Waals surface area contributed by atoms with E-state index in [1.807, 2.05) is 24.4 Å². The summed E-state index contributed by atoms with van der Waals surface area (Å²) in [5, 5.41) is 8.93. The van der Waals surface area contributed by atoms with Crippen LogP contribution in [0.1, 0.15) is 37.6 Å². The Morgan fingerprint density at radius 3 is 2.56 bits per heavy atom. The third-order valence-electron chi connectivity index (χ3n) is 5.35.